The predicted molar refractivity (Wildman–Crippen MR) is 42.7 cm³/mol. The van der Waals surface area contributed by atoms with Gasteiger partial charge in [0.2, 0.25) is 0 Å². The van der Waals surface area contributed by atoms with Crippen molar-refractivity contribution < 1.29 is 30.2 Å². The largest absolute Gasteiger partial charge is 0.394 e. The molecule has 0 heterocycles. The Bertz CT molecular complexity index is 114. The highest BCUT2D eigenvalue weighted by atomic mass is 19.0. The van der Waals surface area contributed by atoms with Gasteiger partial charge in [-0.1, -0.05) is 0 Å². The minimum atomic E-state index is -1.59. The molecule has 0 unspecified atom stereocenters. The number of hydrogen-bond donors (Lipinski definition) is 6. The number of aliphatic hydroxyl groups is 5. The summed E-state index contributed by atoms with van der Waals surface area (Å²) in [4.78, 5) is 0. The third-order valence-corrected chi connectivity index (χ3v) is 1.57. The Balaban J connectivity index is 0. The summed E-state index contributed by atoms with van der Waals surface area (Å²) in [5.74, 6) is 0. The highest BCUT2D eigenvalue weighted by Crippen LogP contribution is 2.03. The molecule has 0 aliphatic heterocycles. The van der Waals surface area contributed by atoms with Crippen molar-refractivity contribution in [2.24, 2.45) is 5.73 Å². The van der Waals surface area contributed by atoms with Gasteiger partial charge in [0.25, 0.3) is 0 Å². The average Bonchev–Trinajstić information content (AvgIpc) is 2.12. The molecule has 0 aliphatic rings. The van der Waals surface area contributed by atoms with E-state index in [4.69, 9.17) is 31.3 Å². The van der Waals surface area contributed by atoms with Crippen molar-refractivity contribution in [1.29, 1.82) is 0 Å². The molecular formula is C6H16FNO5. The Labute approximate surface area is 74.6 Å². The van der Waals surface area contributed by atoms with E-state index in [9.17, 15) is 0 Å². The van der Waals surface area contributed by atoms with E-state index in [1.54, 1.807) is 0 Å². The highest BCUT2D eigenvalue weighted by molar-refractivity contribution is 4.80. The summed E-state index contributed by atoms with van der Waals surface area (Å²) in [5, 5.41) is 44.2. The number of hydrogen-bond acceptors (Lipinski definition) is 6. The lowest BCUT2D eigenvalue weighted by molar-refractivity contribution is -0.112. The molecule has 7 heteroatoms. The zero-order valence-electron chi connectivity index (χ0n) is 6.95. The maximum Gasteiger partial charge on any atom is 0.111 e. The lowest BCUT2D eigenvalue weighted by atomic mass is 10.0. The van der Waals surface area contributed by atoms with Gasteiger partial charge in [0.15, 0.2) is 0 Å². The fourth-order valence-electron chi connectivity index (χ4n) is 0.703. The van der Waals surface area contributed by atoms with Gasteiger partial charge in [-0.3, -0.25) is 4.70 Å². The van der Waals surface area contributed by atoms with Gasteiger partial charge in [0.1, 0.15) is 18.3 Å². The molecule has 0 bridgehead atoms. The van der Waals surface area contributed by atoms with Crippen LogP contribution in [0.5, 0.6) is 0 Å². The van der Waals surface area contributed by atoms with Gasteiger partial charge < -0.3 is 31.3 Å². The van der Waals surface area contributed by atoms with Crippen LogP contribution in [0.1, 0.15) is 0 Å². The van der Waals surface area contributed by atoms with Gasteiger partial charge in [0.05, 0.1) is 12.7 Å². The Hall–Kier alpha value is -0.310. The molecule has 0 saturated carbocycles. The molecule has 7 N–H and O–H groups in total. The van der Waals surface area contributed by atoms with Crippen LogP contribution in [-0.4, -0.2) is 63.1 Å². The quantitative estimate of drug-likeness (QED) is 0.274. The smallest absolute Gasteiger partial charge is 0.111 e. The van der Waals surface area contributed by atoms with Gasteiger partial charge in [-0.15, -0.1) is 0 Å². The van der Waals surface area contributed by atoms with Gasteiger partial charge in [-0.25, -0.2) is 0 Å². The summed E-state index contributed by atoms with van der Waals surface area (Å²) in [5.41, 5.74) is 4.99. The van der Waals surface area contributed by atoms with E-state index in [0.29, 0.717) is 0 Å². The monoisotopic (exact) mass is 201 g/mol. The molecule has 0 radical (unpaired) electrons. The summed E-state index contributed by atoms with van der Waals surface area (Å²) in [6.45, 7) is -0.911. The molecule has 13 heavy (non-hydrogen) atoms. The zero-order valence-corrected chi connectivity index (χ0v) is 6.95. The topological polar surface area (TPSA) is 127 Å². The highest BCUT2D eigenvalue weighted by Gasteiger charge is 2.28. The van der Waals surface area contributed by atoms with Gasteiger partial charge >= 0.3 is 0 Å². The first-order valence-electron chi connectivity index (χ1n) is 3.57. The first kappa shape index (κ1) is 15.2. The predicted octanol–water partition coefficient (Wildman–Crippen LogP) is -3.47. The molecule has 4 atom stereocenters. The molecule has 82 valence electrons. The molecule has 0 aromatic heterocycles. The van der Waals surface area contributed by atoms with Crippen LogP contribution in [0.25, 0.3) is 0 Å². The van der Waals surface area contributed by atoms with Crippen molar-refractivity contribution >= 4 is 0 Å². The Kier molecular flexibility index (Phi) is 8.32. The summed E-state index contributed by atoms with van der Waals surface area (Å²) in [6.07, 6.45) is -5.91. The standard InChI is InChI=1S/C6H15NO5.FH/c7-1-3(9)5(11)6(12)4(10)2-8;/h3-6,8-12H,1-2,7H2;1H/t3-,4-,5-,6-;/m0./s1. The number of rotatable bonds is 5. The van der Waals surface area contributed by atoms with E-state index >= 15 is 0 Å². The second-order valence-electron chi connectivity index (χ2n) is 2.53. The maximum absolute atomic E-state index is 9.04. The number of aliphatic hydroxyl groups excluding tert-OH is 5. The van der Waals surface area contributed by atoms with Crippen molar-refractivity contribution in [2.75, 3.05) is 13.2 Å². The minimum Gasteiger partial charge on any atom is -0.394 e. The van der Waals surface area contributed by atoms with Crippen molar-refractivity contribution in [3.8, 4) is 0 Å². The van der Waals surface area contributed by atoms with Crippen LogP contribution < -0.4 is 5.73 Å². The lowest BCUT2D eigenvalue weighted by Gasteiger charge is -2.24. The molecule has 6 nitrogen and oxygen atoms in total. The summed E-state index contributed by atoms with van der Waals surface area (Å²) < 4.78 is 0. The molecule has 0 aromatic carbocycles. The van der Waals surface area contributed by atoms with E-state index < -0.39 is 31.0 Å². The van der Waals surface area contributed by atoms with Crippen molar-refractivity contribution in [1.82, 2.24) is 0 Å². The second kappa shape index (κ2) is 7.13. The summed E-state index contributed by atoms with van der Waals surface area (Å²) in [7, 11) is 0. The van der Waals surface area contributed by atoms with Crippen molar-refractivity contribution in [2.45, 2.75) is 24.4 Å². The van der Waals surface area contributed by atoms with Crippen LogP contribution in [0.15, 0.2) is 0 Å². The Morgan fingerprint density at radius 1 is 0.923 bits per heavy atom. The molecule has 0 spiro atoms. The fourth-order valence-corrected chi connectivity index (χ4v) is 0.703. The lowest BCUT2D eigenvalue weighted by Crippen LogP contribution is -2.48. The van der Waals surface area contributed by atoms with E-state index in [2.05, 4.69) is 0 Å². The molecule has 0 rings (SSSR count). The van der Waals surface area contributed by atoms with E-state index in [1.165, 1.54) is 0 Å². The minimum absolute atomic E-state index is 0. The molecule has 0 fully saturated rings. The number of halogens is 1. The fraction of sp³-hybridized carbons (Fsp3) is 1.00. The van der Waals surface area contributed by atoms with Crippen LogP contribution in [0.2, 0.25) is 0 Å². The van der Waals surface area contributed by atoms with Gasteiger partial charge in [-0.05, 0) is 0 Å². The third kappa shape index (κ3) is 4.46. The van der Waals surface area contributed by atoms with Crippen molar-refractivity contribution in [3.63, 3.8) is 0 Å². The Morgan fingerprint density at radius 3 is 1.62 bits per heavy atom. The van der Waals surface area contributed by atoms with E-state index in [-0.39, 0.29) is 11.2 Å². The van der Waals surface area contributed by atoms with Crippen molar-refractivity contribution in [3.05, 3.63) is 0 Å². The van der Waals surface area contributed by atoms with E-state index in [1.807, 2.05) is 0 Å². The average molecular weight is 201 g/mol. The van der Waals surface area contributed by atoms with Crippen LogP contribution in [0.4, 0.5) is 4.70 Å². The SMILES string of the molecule is F.NC[C@H](O)[C@H](O)[C@@H](O)[C@@H](O)CO. The van der Waals surface area contributed by atoms with Crippen LogP contribution >= 0.6 is 0 Å². The zero-order chi connectivity index (χ0) is 9.72. The second-order valence-corrected chi connectivity index (χ2v) is 2.53. The maximum atomic E-state index is 9.04. The van der Waals surface area contributed by atoms with Gasteiger partial charge in [0, 0.05) is 6.54 Å². The summed E-state index contributed by atoms with van der Waals surface area (Å²) in [6, 6.07) is 0. The molecule has 0 aromatic rings. The first-order valence-corrected chi connectivity index (χ1v) is 3.57. The molecule has 0 saturated heterocycles. The van der Waals surface area contributed by atoms with Crippen LogP contribution in [0, 0.1) is 0 Å². The normalized spacial score (nSPS) is 19.8. The number of nitrogens with two attached hydrogens (primary N) is 1. The summed E-state index contributed by atoms with van der Waals surface area (Å²) >= 11 is 0. The first-order chi connectivity index (χ1) is 5.54. The van der Waals surface area contributed by atoms with Gasteiger partial charge in [-0.2, -0.15) is 0 Å². The molecule has 0 amide bonds. The third-order valence-electron chi connectivity index (χ3n) is 1.57. The van der Waals surface area contributed by atoms with E-state index in [0.717, 1.165) is 0 Å². The molecule has 0 aliphatic carbocycles. The van der Waals surface area contributed by atoms with Crippen LogP contribution in [-0.2, 0) is 0 Å². The molecular weight excluding hydrogens is 185 g/mol. The Morgan fingerprint density at radius 2 is 1.31 bits per heavy atom. The van der Waals surface area contributed by atoms with Crippen LogP contribution in [0.3, 0.4) is 0 Å².